The molecule has 12 heteroatoms. The molecule has 41 heavy (non-hydrogen) atoms. The van der Waals surface area contributed by atoms with Crippen LogP contribution in [-0.2, 0) is 14.9 Å². The third-order valence-electron chi connectivity index (χ3n) is 6.59. The van der Waals surface area contributed by atoms with Crippen LogP contribution in [0.1, 0.15) is 47.1 Å². The van der Waals surface area contributed by atoms with Crippen molar-refractivity contribution in [2.45, 2.75) is 26.8 Å². The van der Waals surface area contributed by atoms with Crippen molar-refractivity contribution in [3.8, 4) is 11.3 Å². The van der Waals surface area contributed by atoms with E-state index in [4.69, 9.17) is 20.9 Å². The lowest BCUT2D eigenvalue weighted by Crippen LogP contribution is -2.31. The molecule has 2 aromatic carbocycles. The third-order valence-corrected chi connectivity index (χ3v) is 7.36. The van der Waals surface area contributed by atoms with Gasteiger partial charge >= 0.3 is 0 Å². The fourth-order valence-electron chi connectivity index (χ4n) is 4.78. The Bertz CT molecular complexity index is 1890. The average Bonchev–Trinajstić information content (AvgIpc) is 3.34. The maximum atomic E-state index is 14.1. The molecule has 1 aliphatic rings. The summed E-state index contributed by atoms with van der Waals surface area (Å²) < 4.78 is 31.9. The summed E-state index contributed by atoms with van der Waals surface area (Å²) in [6, 6.07) is 15.5. The Hall–Kier alpha value is -4.19. The average molecular weight is 595 g/mol. The highest BCUT2D eigenvalue weighted by atomic mass is 35.5. The van der Waals surface area contributed by atoms with Crippen molar-refractivity contribution in [2.24, 2.45) is 0 Å². The normalized spacial score (nSPS) is 14.2. The molecular formula is C29H27ClN4O6S. The third kappa shape index (κ3) is 5.83. The van der Waals surface area contributed by atoms with Gasteiger partial charge < -0.3 is 14.6 Å². The molecule has 5 rings (SSSR count). The number of hydrogen-bond acceptors (Lipinski definition) is 9. The lowest BCUT2D eigenvalue weighted by molar-refractivity contribution is 0.0977. The molecule has 2 aromatic heterocycles. The largest absolute Gasteiger partial charge is 0.455 e. The number of hydroxylamine groups is 1. The fourth-order valence-corrected chi connectivity index (χ4v) is 5.36. The quantitative estimate of drug-likeness (QED) is 0.254. The second-order valence-electron chi connectivity index (χ2n) is 9.79. The van der Waals surface area contributed by atoms with Gasteiger partial charge in [-0.1, -0.05) is 48.0 Å². The lowest BCUT2D eigenvalue weighted by Gasteiger charge is -2.20. The summed E-state index contributed by atoms with van der Waals surface area (Å²) in [5.41, 5.74) is 6.37. The van der Waals surface area contributed by atoms with E-state index >= 15 is 0 Å². The number of pyridine rings is 1. The Morgan fingerprint density at radius 1 is 1.12 bits per heavy atom. The Morgan fingerprint density at radius 2 is 1.85 bits per heavy atom. The molecule has 0 saturated heterocycles. The van der Waals surface area contributed by atoms with Crippen molar-refractivity contribution in [3.63, 3.8) is 0 Å². The highest BCUT2D eigenvalue weighted by Gasteiger charge is 2.27. The monoisotopic (exact) mass is 594 g/mol. The van der Waals surface area contributed by atoms with Gasteiger partial charge in [0, 0.05) is 16.7 Å². The van der Waals surface area contributed by atoms with E-state index in [2.05, 4.69) is 15.8 Å². The van der Waals surface area contributed by atoms with Crippen LogP contribution in [0.15, 0.2) is 69.6 Å². The zero-order valence-corrected chi connectivity index (χ0v) is 24.2. The van der Waals surface area contributed by atoms with E-state index in [9.17, 15) is 18.0 Å². The maximum absolute atomic E-state index is 14.1. The summed E-state index contributed by atoms with van der Waals surface area (Å²) in [7, 11) is -3.84. The molecule has 1 amide bonds. The second kappa shape index (κ2) is 11.0. The van der Waals surface area contributed by atoms with E-state index in [1.807, 2.05) is 55.0 Å². The molecule has 1 aliphatic heterocycles. The molecule has 4 aromatic rings. The number of aromatic nitrogens is 1. The number of sulfonamides is 1. The summed E-state index contributed by atoms with van der Waals surface area (Å²) in [5.74, 6) is 0.0627. The number of amides is 1. The van der Waals surface area contributed by atoms with Gasteiger partial charge in [-0.3, -0.25) is 9.59 Å². The van der Waals surface area contributed by atoms with Crippen molar-refractivity contribution in [2.75, 3.05) is 18.1 Å². The standard InChI is InChI=1S/C29H27ClN4O6S/c1-15-12-19(16(2)32-22-10-11-23(30)33-25(22)29(36)34-41(4,37)38)28-20(13-15)26(35)24(21-14-31-40-17(21)3)27(39-28)18-8-6-5-7-9-18/h5-13,16,31-32H,14H2,1-4H3,(H,34,36)/t16-/m1/s1. The van der Waals surface area contributed by atoms with E-state index in [1.165, 1.54) is 12.1 Å². The molecule has 0 radical (unpaired) electrons. The number of rotatable bonds is 7. The summed E-state index contributed by atoms with van der Waals surface area (Å²) >= 11 is 6.02. The number of halogens is 1. The molecule has 1 atom stereocenters. The number of benzene rings is 2. The number of hydrogen-bond donors (Lipinski definition) is 3. The first kappa shape index (κ1) is 28.3. The van der Waals surface area contributed by atoms with Crippen molar-refractivity contribution < 1.29 is 22.5 Å². The molecule has 0 bridgehead atoms. The van der Waals surface area contributed by atoms with Gasteiger partial charge in [0.25, 0.3) is 5.91 Å². The van der Waals surface area contributed by atoms with E-state index < -0.39 is 22.0 Å². The zero-order valence-electron chi connectivity index (χ0n) is 22.7. The predicted octanol–water partition coefficient (Wildman–Crippen LogP) is 4.95. The van der Waals surface area contributed by atoms with Crippen LogP contribution in [0.2, 0.25) is 5.15 Å². The maximum Gasteiger partial charge on any atom is 0.285 e. The van der Waals surface area contributed by atoms with Crippen molar-refractivity contribution >= 4 is 49.8 Å². The summed E-state index contributed by atoms with van der Waals surface area (Å²) in [6.45, 7) is 5.84. The van der Waals surface area contributed by atoms with Gasteiger partial charge in [0.05, 0.1) is 35.5 Å². The molecule has 0 spiro atoms. The number of aryl methyl sites for hydroxylation is 1. The SMILES string of the molecule is CC1=C(c2c(-c3ccccc3)oc3c([C@@H](C)Nc4ccc(Cl)nc4C(=O)NS(C)(=O)=O)cc(C)cc3c2=O)CNO1. The Kier molecular flexibility index (Phi) is 7.60. The van der Waals surface area contributed by atoms with Gasteiger partial charge in [0.15, 0.2) is 5.69 Å². The van der Waals surface area contributed by atoms with Gasteiger partial charge in [-0.2, -0.15) is 5.48 Å². The van der Waals surface area contributed by atoms with Crippen LogP contribution < -0.4 is 20.9 Å². The molecular weight excluding hydrogens is 568 g/mol. The van der Waals surface area contributed by atoms with E-state index in [0.29, 0.717) is 45.7 Å². The minimum Gasteiger partial charge on any atom is -0.455 e. The first-order valence-electron chi connectivity index (χ1n) is 12.6. The number of carbonyl (C=O) groups is 1. The van der Waals surface area contributed by atoms with Crippen LogP contribution in [0.4, 0.5) is 5.69 Å². The van der Waals surface area contributed by atoms with Gasteiger partial charge in [-0.15, -0.1) is 0 Å². The molecule has 3 heterocycles. The number of anilines is 1. The van der Waals surface area contributed by atoms with Crippen molar-refractivity contribution in [1.29, 1.82) is 0 Å². The number of allylic oxidation sites excluding steroid dienone is 1. The molecule has 212 valence electrons. The summed E-state index contributed by atoms with van der Waals surface area (Å²) in [6.07, 6.45) is 0.871. The smallest absolute Gasteiger partial charge is 0.285 e. The lowest BCUT2D eigenvalue weighted by atomic mass is 9.95. The molecule has 0 aliphatic carbocycles. The highest BCUT2D eigenvalue weighted by molar-refractivity contribution is 7.89. The molecule has 0 fully saturated rings. The van der Waals surface area contributed by atoms with Crippen LogP contribution in [0.3, 0.4) is 0 Å². The predicted molar refractivity (Wildman–Crippen MR) is 158 cm³/mol. The van der Waals surface area contributed by atoms with Crippen LogP contribution in [0.25, 0.3) is 27.9 Å². The van der Waals surface area contributed by atoms with Crippen LogP contribution >= 0.6 is 11.6 Å². The van der Waals surface area contributed by atoms with Crippen LogP contribution in [0.5, 0.6) is 0 Å². The van der Waals surface area contributed by atoms with Crippen LogP contribution in [-0.4, -0.2) is 32.1 Å². The van der Waals surface area contributed by atoms with Gasteiger partial charge in [0.1, 0.15) is 22.3 Å². The fraction of sp³-hybridized carbons (Fsp3) is 0.207. The molecule has 0 unspecified atom stereocenters. The zero-order chi connectivity index (χ0) is 29.5. The Morgan fingerprint density at radius 3 is 2.51 bits per heavy atom. The van der Waals surface area contributed by atoms with Gasteiger partial charge in [-0.25, -0.2) is 18.1 Å². The Labute approximate surface area is 241 Å². The molecule has 10 nitrogen and oxygen atoms in total. The molecule has 3 N–H and O–H groups in total. The van der Waals surface area contributed by atoms with E-state index in [0.717, 1.165) is 17.4 Å². The first-order valence-corrected chi connectivity index (χ1v) is 14.9. The van der Waals surface area contributed by atoms with E-state index in [-0.39, 0.29) is 22.0 Å². The Balaban J connectivity index is 1.68. The van der Waals surface area contributed by atoms with Gasteiger partial charge in [0.2, 0.25) is 15.5 Å². The number of carbonyl (C=O) groups excluding carboxylic acids is 1. The number of nitrogens with one attached hydrogen (secondary N) is 3. The van der Waals surface area contributed by atoms with E-state index in [1.54, 1.807) is 13.0 Å². The second-order valence-corrected chi connectivity index (χ2v) is 11.9. The van der Waals surface area contributed by atoms with Gasteiger partial charge in [-0.05, 0) is 44.5 Å². The summed E-state index contributed by atoms with van der Waals surface area (Å²) in [4.78, 5) is 36.3. The topological polar surface area (TPSA) is 140 Å². The minimum absolute atomic E-state index is 0.0175. The van der Waals surface area contributed by atoms with Crippen LogP contribution in [0, 0.1) is 6.92 Å². The number of fused-ring (bicyclic) bond motifs is 1. The number of nitrogens with zero attached hydrogens (tertiary/aromatic N) is 1. The van der Waals surface area contributed by atoms with Crippen molar-refractivity contribution in [1.82, 2.24) is 15.2 Å². The summed E-state index contributed by atoms with van der Waals surface area (Å²) in [5, 5.41) is 3.62. The minimum atomic E-state index is -3.84. The highest BCUT2D eigenvalue weighted by Crippen LogP contribution is 2.36. The first-order chi connectivity index (χ1) is 19.4. The molecule has 0 saturated carbocycles. The van der Waals surface area contributed by atoms with Crippen molar-refractivity contribution in [3.05, 3.63) is 98.1 Å².